The van der Waals surface area contributed by atoms with Crippen LogP contribution in [0.1, 0.15) is 35.4 Å². The number of alkyl halides is 1. The van der Waals surface area contributed by atoms with E-state index < -0.39 is 10.0 Å². The van der Waals surface area contributed by atoms with Crippen LogP contribution in [0.25, 0.3) is 0 Å². The third-order valence-corrected chi connectivity index (χ3v) is 11.0. The SMILES string of the molecule is COCCCN1CCOc2ccc(CO[C@H]3CN(S(=O)(=O)c4ccc(C)cc4)[C@H](CBr)C[C@@H]3c3ccc(OC)cc3)cc21. The first kappa shape index (κ1) is 31.8. The molecule has 8 nitrogen and oxygen atoms in total. The van der Waals surface area contributed by atoms with Gasteiger partial charge < -0.3 is 23.8 Å². The molecule has 2 heterocycles. The second kappa shape index (κ2) is 14.4. The number of fused-ring (bicyclic) bond motifs is 1. The summed E-state index contributed by atoms with van der Waals surface area (Å²) in [6.07, 6.45) is 1.20. The van der Waals surface area contributed by atoms with Crippen LogP contribution in [0.3, 0.4) is 0 Å². The Morgan fingerprint density at radius 2 is 1.79 bits per heavy atom. The first-order valence-corrected chi connectivity index (χ1v) is 17.3. The van der Waals surface area contributed by atoms with Crippen molar-refractivity contribution in [3.05, 3.63) is 83.4 Å². The summed E-state index contributed by atoms with van der Waals surface area (Å²) in [4.78, 5) is 2.63. The molecule has 0 radical (unpaired) electrons. The molecule has 10 heteroatoms. The van der Waals surface area contributed by atoms with E-state index in [9.17, 15) is 8.42 Å². The van der Waals surface area contributed by atoms with Crippen LogP contribution < -0.4 is 14.4 Å². The van der Waals surface area contributed by atoms with Gasteiger partial charge in [-0.05, 0) is 67.3 Å². The van der Waals surface area contributed by atoms with Gasteiger partial charge in [-0.2, -0.15) is 4.31 Å². The molecule has 0 N–H and O–H groups in total. The Kier molecular flexibility index (Phi) is 10.7. The summed E-state index contributed by atoms with van der Waals surface area (Å²) >= 11 is 3.62. The van der Waals surface area contributed by atoms with Crippen LogP contribution in [0, 0.1) is 6.92 Å². The topological polar surface area (TPSA) is 77.5 Å². The van der Waals surface area contributed by atoms with Gasteiger partial charge in [0.05, 0.1) is 36.9 Å². The molecule has 0 aromatic heterocycles. The minimum absolute atomic E-state index is 0.00410. The number of nitrogens with zero attached hydrogens (tertiary/aromatic N) is 2. The lowest BCUT2D eigenvalue weighted by Gasteiger charge is -2.43. The highest BCUT2D eigenvalue weighted by molar-refractivity contribution is 9.09. The second-order valence-electron chi connectivity index (χ2n) is 11.1. The van der Waals surface area contributed by atoms with Crippen molar-refractivity contribution in [1.29, 1.82) is 0 Å². The average Bonchev–Trinajstić information content (AvgIpc) is 3.03. The highest BCUT2D eigenvalue weighted by Gasteiger charge is 2.42. The second-order valence-corrected chi connectivity index (χ2v) is 13.7. The Bertz CT molecular complexity index is 1450. The summed E-state index contributed by atoms with van der Waals surface area (Å²) in [6, 6.07) is 21.0. The quantitative estimate of drug-likeness (QED) is 0.179. The highest BCUT2D eigenvalue weighted by atomic mass is 79.9. The molecule has 43 heavy (non-hydrogen) atoms. The van der Waals surface area contributed by atoms with Crippen molar-refractivity contribution in [2.75, 3.05) is 57.3 Å². The molecule has 1 saturated heterocycles. The number of anilines is 1. The minimum Gasteiger partial charge on any atom is -0.497 e. The zero-order chi connectivity index (χ0) is 30.4. The molecule has 0 bridgehead atoms. The Balaban J connectivity index is 1.41. The van der Waals surface area contributed by atoms with E-state index in [4.69, 9.17) is 18.9 Å². The maximum absolute atomic E-state index is 13.9. The molecule has 3 aromatic carbocycles. The van der Waals surface area contributed by atoms with Crippen molar-refractivity contribution in [3.63, 3.8) is 0 Å². The number of hydrogen-bond acceptors (Lipinski definition) is 7. The number of rotatable bonds is 12. The van der Waals surface area contributed by atoms with Gasteiger partial charge in [0.2, 0.25) is 10.0 Å². The summed E-state index contributed by atoms with van der Waals surface area (Å²) in [5.74, 6) is 1.66. The van der Waals surface area contributed by atoms with Crippen LogP contribution in [0.2, 0.25) is 0 Å². The van der Waals surface area contributed by atoms with Crippen molar-refractivity contribution >= 4 is 31.6 Å². The lowest BCUT2D eigenvalue weighted by molar-refractivity contribution is -0.0169. The minimum atomic E-state index is -3.73. The van der Waals surface area contributed by atoms with Gasteiger partial charge in [0.15, 0.2) is 0 Å². The summed E-state index contributed by atoms with van der Waals surface area (Å²) in [7, 11) is -0.359. The van der Waals surface area contributed by atoms with Crippen LogP contribution in [0.5, 0.6) is 11.5 Å². The zero-order valence-electron chi connectivity index (χ0n) is 25.1. The van der Waals surface area contributed by atoms with Gasteiger partial charge in [0, 0.05) is 44.1 Å². The molecular weight excluding hydrogens is 632 g/mol. The number of piperidine rings is 1. The van der Waals surface area contributed by atoms with Gasteiger partial charge >= 0.3 is 0 Å². The number of ether oxygens (including phenoxy) is 4. The molecule has 2 aliphatic rings. The smallest absolute Gasteiger partial charge is 0.243 e. The Morgan fingerprint density at radius 3 is 2.49 bits per heavy atom. The van der Waals surface area contributed by atoms with E-state index in [1.54, 1.807) is 30.7 Å². The lowest BCUT2D eigenvalue weighted by atomic mass is 9.84. The Morgan fingerprint density at radius 1 is 1.02 bits per heavy atom. The molecule has 5 rings (SSSR count). The maximum Gasteiger partial charge on any atom is 0.243 e. The van der Waals surface area contributed by atoms with Crippen molar-refractivity contribution < 1.29 is 27.4 Å². The fourth-order valence-corrected chi connectivity index (χ4v) is 8.36. The normalized spacial score (nSPS) is 20.8. The summed E-state index contributed by atoms with van der Waals surface area (Å²) in [5.41, 5.74) is 4.20. The molecule has 0 amide bonds. The molecule has 0 unspecified atom stereocenters. The van der Waals surface area contributed by atoms with E-state index in [0.717, 1.165) is 53.4 Å². The van der Waals surface area contributed by atoms with E-state index in [1.165, 1.54) is 0 Å². The van der Waals surface area contributed by atoms with Crippen molar-refractivity contribution in [1.82, 2.24) is 4.31 Å². The number of halogens is 1. The van der Waals surface area contributed by atoms with E-state index in [2.05, 4.69) is 39.0 Å². The number of methoxy groups -OCH3 is 2. The predicted molar refractivity (Wildman–Crippen MR) is 172 cm³/mol. The van der Waals surface area contributed by atoms with Crippen LogP contribution in [0.15, 0.2) is 71.6 Å². The van der Waals surface area contributed by atoms with Gasteiger partial charge in [-0.25, -0.2) is 8.42 Å². The molecular formula is C33H41BrN2O6S. The van der Waals surface area contributed by atoms with E-state index >= 15 is 0 Å². The number of aryl methyl sites for hydroxylation is 1. The van der Waals surface area contributed by atoms with Gasteiger partial charge in [0.1, 0.15) is 18.1 Å². The largest absolute Gasteiger partial charge is 0.497 e. The molecule has 0 aliphatic carbocycles. The molecule has 0 spiro atoms. The van der Waals surface area contributed by atoms with Crippen molar-refractivity contribution in [2.24, 2.45) is 0 Å². The Hall–Kier alpha value is -2.63. The maximum atomic E-state index is 13.9. The zero-order valence-corrected chi connectivity index (χ0v) is 27.5. The fourth-order valence-electron chi connectivity index (χ4n) is 5.91. The van der Waals surface area contributed by atoms with E-state index in [-0.39, 0.29) is 24.6 Å². The number of hydrogen-bond donors (Lipinski definition) is 0. The van der Waals surface area contributed by atoms with Crippen LogP contribution >= 0.6 is 15.9 Å². The lowest BCUT2D eigenvalue weighted by Crippen LogP contribution is -2.53. The first-order valence-electron chi connectivity index (χ1n) is 14.7. The number of benzene rings is 3. The standard InChI is InChI=1S/C33H41BrN2O6S/c1-24-5-12-29(13-6-24)43(37,38)36-22-33(30(20-27(36)21-34)26-8-10-28(40-3)11-9-26)42-23-25-7-14-32-31(19-25)35(16-18-41-32)15-4-17-39-2/h5-14,19,27,30,33H,4,15-18,20-23H2,1-3H3/t27-,30+,33-/m0/s1. The molecule has 2 aliphatic heterocycles. The van der Waals surface area contributed by atoms with E-state index in [0.29, 0.717) is 36.5 Å². The van der Waals surface area contributed by atoms with Gasteiger partial charge in [0.25, 0.3) is 0 Å². The highest BCUT2D eigenvalue weighted by Crippen LogP contribution is 2.39. The Labute approximate surface area is 264 Å². The fraction of sp³-hybridized carbons (Fsp3) is 0.455. The van der Waals surface area contributed by atoms with Crippen LogP contribution in [0.4, 0.5) is 5.69 Å². The first-order chi connectivity index (χ1) is 20.8. The summed E-state index contributed by atoms with van der Waals surface area (Å²) < 4.78 is 52.7. The molecule has 3 aromatic rings. The predicted octanol–water partition coefficient (Wildman–Crippen LogP) is 5.77. The van der Waals surface area contributed by atoms with Crippen LogP contribution in [-0.4, -0.2) is 77.3 Å². The molecule has 0 saturated carbocycles. The average molecular weight is 674 g/mol. The van der Waals surface area contributed by atoms with Crippen molar-refractivity contribution in [2.45, 2.75) is 49.3 Å². The van der Waals surface area contributed by atoms with Gasteiger partial charge in [-0.3, -0.25) is 0 Å². The van der Waals surface area contributed by atoms with Crippen LogP contribution in [-0.2, 0) is 26.1 Å². The molecule has 1 fully saturated rings. The number of sulfonamides is 1. The molecule has 3 atom stereocenters. The summed E-state index contributed by atoms with van der Waals surface area (Å²) in [5, 5.41) is 0.529. The van der Waals surface area contributed by atoms with Gasteiger partial charge in [-0.1, -0.05) is 51.8 Å². The van der Waals surface area contributed by atoms with Gasteiger partial charge in [-0.15, -0.1) is 0 Å². The monoisotopic (exact) mass is 672 g/mol. The third kappa shape index (κ3) is 7.37. The molecule has 232 valence electrons. The van der Waals surface area contributed by atoms with Crippen molar-refractivity contribution in [3.8, 4) is 11.5 Å². The van der Waals surface area contributed by atoms with E-state index in [1.807, 2.05) is 43.3 Å². The summed E-state index contributed by atoms with van der Waals surface area (Å²) in [6.45, 7) is 5.63. The third-order valence-electron chi connectivity index (χ3n) is 8.31.